The lowest BCUT2D eigenvalue weighted by atomic mass is 9.75. The van der Waals surface area contributed by atoms with Crippen molar-refractivity contribution < 1.29 is 14.4 Å². The first-order chi connectivity index (χ1) is 13.6. The van der Waals surface area contributed by atoms with Gasteiger partial charge in [-0.25, -0.2) is 0 Å². The second-order valence-corrected chi connectivity index (χ2v) is 8.50. The van der Waals surface area contributed by atoms with E-state index in [0.29, 0.717) is 34.8 Å². The van der Waals surface area contributed by atoms with Crippen molar-refractivity contribution in [2.24, 2.45) is 5.41 Å². The molecule has 7 nitrogen and oxygen atoms in total. The number of H-pyrrole nitrogens is 1. The molecule has 2 N–H and O–H groups in total. The van der Waals surface area contributed by atoms with Gasteiger partial charge >= 0.3 is 0 Å². The zero-order valence-electron chi connectivity index (χ0n) is 16.5. The van der Waals surface area contributed by atoms with Gasteiger partial charge in [0.1, 0.15) is 5.56 Å². The minimum atomic E-state index is -0.632. The van der Waals surface area contributed by atoms with Crippen molar-refractivity contribution in [3.63, 3.8) is 0 Å². The largest absolute Gasteiger partial charge is 0.332 e. The van der Waals surface area contributed by atoms with E-state index in [1.54, 1.807) is 24.3 Å². The molecule has 0 aliphatic heterocycles. The van der Waals surface area contributed by atoms with Crippen LogP contribution in [0.5, 0.6) is 0 Å². The molecule has 1 aromatic heterocycles. The average molecular weight is 416 g/mol. The smallest absolute Gasteiger partial charge is 0.261 e. The fourth-order valence-corrected chi connectivity index (χ4v) is 3.64. The molecule has 152 valence electrons. The van der Waals surface area contributed by atoms with E-state index >= 15 is 0 Å². The number of benzene rings is 1. The number of fused-ring (bicyclic) bond motifs is 1. The Morgan fingerprint density at radius 3 is 2.62 bits per heavy atom. The van der Waals surface area contributed by atoms with Gasteiger partial charge in [-0.3, -0.25) is 19.2 Å². The van der Waals surface area contributed by atoms with E-state index in [1.807, 2.05) is 13.8 Å². The zero-order chi connectivity index (χ0) is 21.3. The maximum atomic E-state index is 12.7. The third-order valence-corrected chi connectivity index (χ3v) is 5.02. The molecule has 0 saturated carbocycles. The Bertz CT molecular complexity index is 1060. The Morgan fingerprint density at radius 1 is 1.21 bits per heavy atom. The molecule has 1 aliphatic rings. The van der Waals surface area contributed by atoms with Gasteiger partial charge in [0.2, 0.25) is 5.91 Å². The number of nitrogens with one attached hydrogen (secondary N) is 2. The van der Waals surface area contributed by atoms with Crippen molar-refractivity contribution >= 4 is 34.9 Å². The number of pyridine rings is 1. The van der Waals surface area contributed by atoms with Gasteiger partial charge in [-0.2, -0.15) is 0 Å². The van der Waals surface area contributed by atoms with Crippen molar-refractivity contribution in [3.05, 3.63) is 62.5 Å². The van der Waals surface area contributed by atoms with Crippen molar-refractivity contribution in [3.8, 4) is 0 Å². The number of hydrogen-bond donors (Lipinski definition) is 2. The molecular weight excluding hydrogens is 394 g/mol. The van der Waals surface area contributed by atoms with Gasteiger partial charge in [0.05, 0.1) is 6.54 Å². The van der Waals surface area contributed by atoms with Crippen LogP contribution in [0.25, 0.3) is 0 Å². The molecule has 8 heteroatoms. The molecule has 0 atom stereocenters. The third-order valence-electron chi connectivity index (χ3n) is 4.78. The van der Waals surface area contributed by atoms with Crippen LogP contribution >= 0.6 is 11.6 Å². The monoisotopic (exact) mass is 415 g/mol. The Labute approximate surface area is 173 Å². The van der Waals surface area contributed by atoms with Crippen LogP contribution in [-0.4, -0.2) is 41.1 Å². The highest BCUT2D eigenvalue weighted by atomic mass is 35.5. The van der Waals surface area contributed by atoms with Crippen LogP contribution in [0, 0.1) is 5.41 Å². The summed E-state index contributed by atoms with van der Waals surface area (Å²) >= 11 is 5.89. The molecule has 1 aliphatic carbocycles. The highest BCUT2D eigenvalue weighted by Gasteiger charge is 2.33. The Balaban J connectivity index is 1.76. The lowest BCUT2D eigenvalue weighted by Crippen LogP contribution is -2.38. The van der Waals surface area contributed by atoms with Crippen molar-refractivity contribution in [1.82, 2.24) is 9.88 Å². The molecule has 2 amide bonds. The molecule has 1 aromatic carbocycles. The van der Waals surface area contributed by atoms with Crippen LogP contribution < -0.4 is 10.9 Å². The Hall–Kier alpha value is -2.93. The maximum Gasteiger partial charge on any atom is 0.261 e. The van der Waals surface area contributed by atoms with Crippen LogP contribution in [0.2, 0.25) is 5.02 Å². The molecule has 29 heavy (non-hydrogen) atoms. The summed E-state index contributed by atoms with van der Waals surface area (Å²) < 4.78 is 0. The minimum absolute atomic E-state index is 0.108. The Morgan fingerprint density at radius 2 is 1.93 bits per heavy atom. The molecule has 1 heterocycles. The summed E-state index contributed by atoms with van der Waals surface area (Å²) in [6, 6.07) is 7.98. The molecule has 0 saturated heterocycles. The van der Waals surface area contributed by atoms with E-state index in [1.165, 1.54) is 13.1 Å². The number of amides is 2. The van der Waals surface area contributed by atoms with Crippen LogP contribution in [-0.2, 0) is 11.2 Å². The van der Waals surface area contributed by atoms with E-state index in [2.05, 4.69) is 10.3 Å². The molecule has 3 rings (SSSR count). The highest BCUT2D eigenvalue weighted by Crippen LogP contribution is 2.33. The summed E-state index contributed by atoms with van der Waals surface area (Å²) in [4.78, 5) is 53.6. The summed E-state index contributed by atoms with van der Waals surface area (Å²) in [5.41, 5.74) is 0.450. The number of anilines is 1. The number of likely N-dealkylation sites (N-methyl/N-ethyl adjacent to an activating group) is 1. The quantitative estimate of drug-likeness (QED) is 0.801. The summed E-state index contributed by atoms with van der Waals surface area (Å²) in [5.74, 6) is -1.17. The van der Waals surface area contributed by atoms with Crippen molar-refractivity contribution in [1.29, 1.82) is 0 Å². The predicted octanol–water partition coefficient (Wildman–Crippen LogP) is 2.89. The number of rotatable bonds is 4. The number of aromatic nitrogens is 1. The van der Waals surface area contributed by atoms with Gasteiger partial charge in [0.15, 0.2) is 5.78 Å². The molecule has 0 bridgehead atoms. The first-order valence-corrected chi connectivity index (χ1v) is 9.54. The van der Waals surface area contributed by atoms with Gasteiger partial charge in [-0.15, -0.1) is 0 Å². The number of carbonyl (C=O) groups excluding carboxylic acids is 3. The summed E-state index contributed by atoms with van der Waals surface area (Å²) in [6.45, 7) is 3.65. The zero-order valence-corrected chi connectivity index (χ0v) is 17.2. The van der Waals surface area contributed by atoms with Crippen molar-refractivity contribution in [2.45, 2.75) is 26.7 Å². The van der Waals surface area contributed by atoms with Gasteiger partial charge in [0, 0.05) is 35.4 Å². The number of aromatic amines is 1. The number of halogens is 1. The van der Waals surface area contributed by atoms with Crippen LogP contribution in [0.15, 0.2) is 35.1 Å². The topological polar surface area (TPSA) is 99.3 Å². The van der Waals surface area contributed by atoms with E-state index in [-0.39, 0.29) is 23.3 Å². The van der Waals surface area contributed by atoms with Gasteiger partial charge < -0.3 is 15.2 Å². The molecule has 0 fully saturated rings. The average Bonchev–Trinajstić information content (AvgIpc) is 2.59. The number of Topliss-reactive ketones (excluding diaryl/α,β-unsaturated/α-hetero) is 1. The third kappa shape index (κ3) is 4.74. The number of nitrogens with zero attached hydrogens (tertiary/aromatic N) is 1. The fraction of sp³-hybridized carbons (Fsp3) is 0.333. The van der Waals surface area contributed by atoms with Gasteiger partial charge in [-0.05, 0) is 36.1 Å². The summed E-state index contributed by atoms with van der Waals surface area (Å²) in [5, 5.41) is 3.12. The number of ketones is 1. The Kier molecular flexibility index (Phi) is 5.61. The van der Waals surface area contributed by atoms with E-state index < -0.39 is 17.4 Å². The van der Waals surface area contributed by atoms with Crippen LogP contribution in [0.3, 0.4) is 0 Å². The van der Waals surface area contributed by atoms with Gasteiger partial charge in [0.25, 0.3) is 11.5 Å². The van der Waals surface area contributed by atoms with E-state index in [4.69, 9.17) is 11.6 Å². The maximum absolute atomic E-state index is 12.7. The normalized spacial score (nSPS) is 14.8. The molecular formula is C21H22ClN3O4. The SMILES string of the molecule is CN(CC(=O)Nc1cccc(Cl)c1)C(=O)c1cc2c([nH]c1=O)CC(C)(C)CC2=O. The van der Waals surface area contributed by atoms with Gasteiger partial charge in [-0.1, -0.05) is 31.5 Å². The number of carbonyl (C=O) groups is 3. The predicted molar refractivity (Wildman–Crippen MR) is 111 cm³/mol. The molecule has 0 unspecified atom stereocenters. The molecule has 2 aromatic rings. The minimum Gasteiger partial charge on any atom is -0.332 e. The van der Waals surface area contributed by atoms with E-state index in [9.17, 15) is 19.2 Å². The van der Waals surface area contributed by atoms with Crippen LogP contribution in [0.4, 0.5) is 5.69 Å². The van der Waals surface area contributed by atoms with E-state index in [0.717, 1.165) is 4.90 Å². The lowest BCUT2D eigenvalue weighted by molar-refractivity contribution is -0.116. The fourth-order valence-electron chi connectivity index (χ4n) is 3.45. The number of hydrogen-bond acceptors (Lipinski definition) is 4. The second kappa shape index (κ2) is 7.83. The van der Waals surface area contributed by atoms with Crippen molar-refractivity contribution in [2.75, 3.05) is 18.9 Å². The molecule has 0 radical (unpaired) electrons. The highest BCUT2D eigenvalue weighted by molar-refractivity contribution is 6.30. The lowest BCUT2D eigenvalue weighted by Gasteiger charge is -2.30. The summed E-state index contributed by atoms with van der Waals surface area (Å²) in [7, 11) is 1.42. The summed E-state index contributed by atoms with van der Waals surface area (Å²) in [6.07, 6.45) is 0.896. The first kappa shape index (κ1) is 20.8. The first-order valence-electron chi connectivity index (χ1n) is 9.16. The second-order valence-electron chi connectivity index (χ2n) is 8.07. The molecule has 0 spiro atoms. The van der Waals surface area contributed by atoms with Crippen LogP contribution in [0.1, 0.15) is 46.7 Å². The standard InChI is InChI=1S/C21H22ClN3O4/c1-21(2)9-16-14(17(26)10-21)8-15(19(28)24-16)20(29)25(3)11-18(27)23-13-6-4-5-12(22)7-13/h4-8H,9-11H2,1-3H3,(H,23,27)(H,24,28).